The fourth-order valence-corrected chi connectivity index (χ4v) is 3.08. The normalized spacial score (nSPS) is 15.0. The van der Waals surface area contributed by atoms with Crippen molar-refractivity contribution >= 4 is 28.9 Å². The molecule has 4 nitrogen and oxygen atoms in total. The second-order valence-electron chi connectivity index (χ2n) is 5.66. The van der Waals surface area contributed by atoms with Crippen molar-refractivity contribution in [3.63, 3.8) is 0 Å². The highest BCUT2D eigenvalue weighted by Crippen LogP contribution is 2.32. The van der Waals surface area contributed by atoms with Crippen LogP contribution >= 0.6 is 11.6 Å². The maximum Gasteiger partial charge on any atom is 0.267 e. The number of anilines is 2. The molecular weight excluding hydrogens is 312 g/mol. The number of halogens is 1. The van der Waals surface area contributed by atoms with Gasteiger partial charge in [-0.15, -0.1) is 0 Å². The number of nitrogens with two attached hydrogens (primary N) is 1. The van der Waals surface area contributed by atoms with Crippen LogP contribution in [-0.4, -0.2) is 18.6 Å². The van der Waals surface area contributed by atoms with Gasteiger partial charge >= 0.3 is 0 Å². The molecule has 1 heterocycles. The second kappa shape index (κ2) is 6.50. The van der Waals surface area contributed by atoms with Gasteiger partial charge in [-0.2, -0.15) is 0 Å². The van der Waals surface area contributed by atoms with E-state index in [2.05, 4.69) is 0 Å². The molecule has 1 amide bonds. The van der Waals surface area contributed by atoms with Crippen molar-refractivity contribution in [1.82, 2.24) is 0 Å². The minimum atomic E-state index is -0.596. The minimum absolute atomic E-state index is 0.0727. The third-order valence-electron chi connectivity index (χ3n) is 4.01. The van der Waals surface area contributed by atoms with Gasteiger partial charge in [0.2, 0.25) is 0 Å². The number of benzene rings is 2. The number of hydrogen-bond donors (Lipinski definition) is 1. The number of carbonyl (C=O) groups is 1. The maximum atomic E-state index is 12.8. The summed E-state index contributed by atoms with van der Waals surface area (Å²) >= 11 is 5.95. The van der Waals surface area contributed by atoms with E-state index in [0.717, 1.165) is 29.8 Å². The van der Waals surface area contributed by atoms with E-state index in [1.54, 1.807) is 36.1 Å². The van der Waals surface area contributed by atoms with Gasteiger partial charge in [0.25, 0.3) is 5.91 Å². The lowest BCUT2D eigenvalue weighted by atomic mass is 9.99. The molecule has 120 valence electrons. The van der Waals surface area contributed by atoms with Crippen LogP contribution in [0.2, 0.25) is 5.02 Å². The molecule has 23 heavy (non-hydrogen) atoms. The quantitative estimate of drug-likeness (QED) is 0.874. The van der Waals surface area contributed by atoms with Gasteiger partial charge < -0.3 is 15.4 Å². The molecule has 1 aliphatic heterocycles. The van der Waals surface area contributed by atoms with E-state index in [1.165, 1.54) is 0 Å². The summed E-state index contributed by atoms with van der Waals surface area (Å²) < 4.78 is 5.75. The number of nitrogens with zero attached hydrogens (tertiary/aromatic N) is 1. The molecule has 1 aliphatic rings. The molecular formula is C18H19ClN2O2. The van der Waals surface area contributed by atoms with Gasteiger partial charge in [-0.1, -0.05) is 23.7 Å². The fourth-order valence-electron chi connectivity index (χ4n) is 2.89. The van der Waals surface area contributed by atoms with Gasteiger partial charge in [0, 0.05) is 22.9 Å². The van der Waals surface area contributed by atoms with Crippen LogP contribution in [0.1, 0.15) is 18.9 Å². The van der Waals surface area contributed by atoms with Crippen LogP contribution in [0.5, 0.6) is 5.75 Å². The lowest BCUT2D eigenvalue weighted by Crippen LogP contribution is -2.43. The van der Waals surface area contributed by atoms with Gasteiger partial charge in [-0.25, -0.2) is 0 Å². The predicted octanol–water partition coefficient (Wildman–Crippen LogP) is 3.67. The Balaban J connectivity index is 1.80. The first-order valence-electron chi connectivity index (χ1n) is 7.67. The van der Waals surface area contributed by atoms with Gasteiger partial charge in [-0.05, 0) is 55.7 Å². The fraction of sp³-hybridized carbons (Fsp3) is 0.278. The topological polar surface area (TPSA) is 55.6 Å². The van der Waals surface area contributed by atoms with E-state index in [9.17, 15) is 4.79 Å². The first kappa shape index (κ1) is 15.7. The average Bonchev–Trinajstić information content (AvgIpc) is 2.54. The van der Waals surface area contributed by atoms with E-state index in [0.29, 0.717) is 17.3 Å². The summed E-state index contributed by atoms with van der Waals surface area (Å²) in [6.07, 6.45) is 1.20. The molecule has 3 rings (SSSR count). The zero-order valence-corrected chi connectivity index (χ0v) is 13.7. The first-order chi connectivity index (χ1) is 11.1. The maximum absolute atomic E-state index is 12.8. The summed E-state index contributed by atoms with van der Waals surface area (Å²) in [5.41, 5.74) is 8.71. The second-order valence-corrected chi connectivity index (χ2v) is 6.09. The Morgan fingerprint density at radius 2 is 2.09 bits per heavy atom. The van der Waals surface area contributed by atoms with Gasteiger partial charge in [0.15, 0.2) is 6.10 Å². The Morgan fingerprint density at radius 1 is 1.30 bits per heavy atom. The largest absolute Gasteiger partial charge is 0.481 e. The molecule has 0 bridgehead atoms. The average molecular weight is 331 g/mol. The standard InChI is InChI=1S/C18H19ClN2O2/c1-12(23-14-6-2-5-13(19)11-14)18(22)21-10-4-7-15-16(20)8-3-9-17(15)21/h2-3,5-6,8-9,11-12H,4,7,10,20H2,1H3. The van der Waals surface area contributed by atoms with Gasteiger partial charge in [0.1, 0.15) is 5.75 Å². The summed E-state index contributed by atoms with van der Waals surface area (Å²) in [5, 5.41) is 0.582. The SMILES string of the molecule is CC(Oc1cccc(Cl)c1)C(=O)N1CCCc2c(N)cccc21. The van der Waals surface area contributed by atoms with Crippen molar-refractivity contribution in [3.05, 3.63) is 53.1 Å². The molecule has 0 aromatic heterocycles. The van der Waals surface area contributed by atoms with Crippen molar-refractivity contribution in [2.24, 2.45) is 0 Å². The van der Waals surface area contributed by atoms with Crippen LogP contribution < -0.4 is 15.4 Å². The Bertz CT molecular complexity index is 733. The monoisotopic (exact) mass is 330 g/mol. The molecule has 0 fully saturated rings. The van der Waals surface area contributed by atoms with Gasteiger partial charge in [-0.3, -0.25) is 4.79 Å². The summed E-state index contributed by atoms with van der Waals surface area (Å²) in [5.74, 6) is 0.514. The van der Waals surface area contributed by atoms with E-state index in [-0.39, 0.29) is 5.91 Å². The highest BCUT2D eigenvalue weighted by molar-refractivity contribution is 6.30. The molecule has 2 aromatic carbocycles. The van der Waals surface area contributed by atoms with E-state index >= 15 is 0 Å². The first-order valence-corrected chi connectivity index (χ1v) is 8.05. The van der Waals surface area contributed by atoms with Gasteiger partial charge in [0.05, 0.1) is 0 Å². The highest BCUT2D eigenvalue weighted by atomic mass is 35.5. The summed E-state index contributed by atoms with van der Waals surface area (Å²) in [4.78, 5) is 14.6. The number of rotatable bonds is 3. The number of amides is 1. The van der Waals surface area contributed by atoms with Crippen molar-refractivity contribution in [2.45, 2.75) is 25.9 Å². The highest BCUT2D eigenvalue weighted by Gasteiger charge is 2.28. The molecule has 0 saturated heterocycles. The van der Waals surface area contributed by atoms with Crippen LogP contribution in [0, 0.1) is 0 Å². The van der Waals surface area contributed by atoms with Crippen LogP contribution in [0.4, 0.5) is 11.4 Å². The minimum Gasteiger partial charge on any atom is -0.481 e. The van der Waals surface area contributed by atoms with Crippen molar-refractivity contribution in [2.75, 3.05) is 17.2 Å². The molecule has 0 saturated carbocycles. The van der Waals surface area contributed by atoms with Crippen LogP contribution in [0.15, 0.2) is 42.5 Å². The van der Waals surface area contributed by atoms with Crippen molar-refractivity contribution in [3.8, 4) is 5.75 Å². The summed E-state index contributed by atoms with van der Waals surface area (Å²) in [6.45, 7) is 2.43. The summed E-state index contributed by atoms with van der Waals surface area (Å²) in [6, 6.07) is 12.7. The van der Waals surface area contributed by atoms with Crippen molar-refractivity contribution < 1.29 is 9.53 Å². The zero-order valence-electron chi connectivity index (χ0n) is 13.0. The smallest absolute Gasteiger partial charge is 0.267 e. The Morgan fingerprint density at radius 3 is 2.87 bits per heavy atom. The Hall–Kier alpha value is -2.20. The third-order valence-corrected chi connectivity index (χ3v) is 4.24. The van der Waals surface area contributed by atoms with Crippen LogP contribution in [-0.2, 0) is 11.2 Å². The molecule has 1 atom stereocenters. The molecule has 0 aliphatic carbocycles. The molecule has 0 radical (unpaired) electrons. The third kappa shape index (κ3) is 3.27. The lowest BCUT2D eigenvalue weighted by Gasteiger charge is -2.32. The molecule has 5 heteroatoms. The summed E-state index contributed by atoms with van der Waals surface area (Å²) in [7, 11) is 0. The molecule has 1 unspecified atom stereocenters. The number of hydrogen-bond acceptors (Lipinski definition) is 3. The Kier molecular flexibility index (Phi) is 4.44. The van der Waals surface area contributed by atoms with E-state index in [4.69, 9.17) is 22.1 Å². The van der Waals surface area contributed by atoms with Crippen LogP contribution in [0.3, 0.4) is 0 Å². The van der Waals surface area contributed by atoms with E-state index < -0.39 is 6.10 Å². The number of nitrogen functional groups attached to an aromatic ring is 1. The Labute approximate surface area is 140 Å². The lowest BCUT2D eigenvalue weighted by molar-refractivity contribution is -0.124. The van der Waals surface area contributed by atoms with Crippen LogP contribution in [0.25, 0.3) is 0 Å². The molecule has 2 aromatic rings. The van der Waals surface area contributed by atoms with E-state index in [1.807, 2.05) is 18.2 Å². The zero-order chi connectivity index (χ0) is 16.4. The predicted molar refractivity (Wildman–Crippen MR) is 93.1 cm³/mol. The number of carbonyl (C=O) groups excluding carboxylic acids is 1. The number of ether oxygens (including phenoxy) is 1. The van der Waals surface area contributed by atoms with Crippen molar-refractivity contribution in [1.29, 1.82) is 0 Å². The molecule has 0 spiro atoms. The molecule has 2 N–H and O–H groups in total. The number of fused-ring (bicyclic) bond motifs is 1.